The normalized spacial score (nSPS) is 11.3. The van der Waals surface area contributed by atoms with E-state index < -0.39 is 17.6 Å². The molecule has 2 aromatic rings. The lowest BCUT2D eigenvalue weighted by atomic mass is 10.00. The number of nitrogens with zero attached hydrogens (tertiary/aromatic N) is 1. The number of Topliss-reactive ketones (excluding diaryl/α,β-unsaturated/α-hetero) is 1. The number of anilines is 1. The second kappa shape index (κ2) is 7.09. The minimum Gasteiger partial charge on any atom is -0.492 e. The number of furan rings is 1. The maximum Gasteiger partial charge on any atom is 0.249 e. The number of nitriles is 1. The molecule has 0 fully saturated rings. The van der Waals surface area contributed by atoms with Gasteiger partial charge >= 0.3 is 0 Å². The minimum atomic E-state index is -1.45. The number of ketones is 1. The van der Waals surface area contributed by atoms with Gasteiger partial charge in [-0.05, 0) is 25.1 Å². The highest BCUT2D eigenvalue weighted by Gasteiger charge is 2.28. The van der Waals surface area contributed by atoms with E-state index in [1.165, 1.54) is 18.6 Å². The van der Waals surface area contributed by atoms with Crippen LogP contribution in [-0.4, -0.2) is 18.3 Å². The van der Waals surface area contributed by atoms with Gasteiger partial charge in [-0.25, -0.2) is 0 Å². The molecule has 0 aliphatic heterocycles. The molecular weight excluding hydrogens is 284 g/mol. The summed E-state index contributed by atoms with van der Waals surface area (Å²) in [6, 6.07) is 9.94. The van der Waals surface area contributed by atoms with Gasteiger partial charge in [0.15, 0.2) is 11.7 Å². The Balaban J connectivity index is 2.17. The number of hydrogen-bond acceptors (Lipinski definition) is 5. The molecule has 1 amide bonds. The first-order valence-corrected chi connectivity index (χ1v) is 6.66. The summed E-state index contributed by atoms with van der Waals surface area (Å²) in [5.41, 5.74) is 0.592. The molecule has 0 saturated carbocycles. The van der Waals surface area contributed by atoms with Crippen molar-refractivity contribution in [3.05, 3.63) is 48.4 Å². The second-order valence-electron chi connectivity index (χ2n) is 4.36. The zero-order valence-electron chi connectivity index (χ0n) is 11.9. The van der Waals surface area contributed by atoms with Crippen molar-refractivity contribution >= 4 is 17.4 Å². The Kier molecular flexibility index (Phi) is 4.94. The Morgan fingerprint density at radius 3 is 2.77 bits per heavy atom. The topological polar surface area (TPSA) is 92.3 Å². The third-order valence-corrected chi connectivity index (χ3v) is 2.90. The van der Waals surface area contributed by atoms with Gasteiger partial charge in [0.05, 0.1) is 30.2 Å². The van der Waals surface area contributed by atoms with Crippen LogP contribution in [0, 0.1) is 17.2 Å². The zero-order chi connectivity index (χ0) is 15.9. The Morgan fingerprint density at radius 2 is 2.14 bits per heavy atom. The molecule has 1 unspecified atom stereocenters. The van der Waals surface area contributed by atoms with Crippen molar-refractivity contribution in [2.45, 2.75) is 6.92 Å². The van der Waals surface area contributed by atoms with Crippen LogP contribution in [0.3, 0.4) is 0 Å². The molecule has 0 bridgehead atoms. The first-order valence-electron chi connectivity index (χ1n) is 6.66. The molecule has 22 heavy (non-hydrogen) atoms. The van der Waals surface area contributed by atoms with Crippen LogP contribution in [0.5, 0.6) is 5.75 Å². The van der Waals surface area contributed by atoms with Gasteiger partial charge in [-0.1, -0.05) is 12.1 Å². The van der Waals surface area contributed by atoms with Crippen molar-refractivity contribution in [2.24, 2.45) is 5.92 Å². The third-order valence-electron chi connectivity index (χ3n) is 2.90. The number of benzene rings is 1. The molecule has 2 rings (SSSR count). The molecule has 0 spiro atoms. The van der Waals surface area contributed by atoms with E-state index in [1.807, 2.05) is 6.92 Å². The van der Waals surface area contributed by atoms with Gasteiger partial charge in [0, 0.05) is 0 Å². The van der Waals surface area contributed by atoms with Crippen molar-refractivity contribution < 1.29 is 18.7 Å². The summed E-state index contributed by atoms with van der Waals surface area (Å²) >= 11 is 0. The summed E-state index contributed by atoms with van der Waals surface area (Å²) in [7, 11) is 0. The van der Waals surface area contributed by atoms with Gasteiger partial charge in [0.2, 0.25) is 5.91 Å². The first kappa shape index (κ1) is 15.3. The Bertz CT molecular complexity index is 701. The van der Waals surface area contributed by atoms with E-state index in [0.717, 1.165) is 0 Å². The fourth-order valence-corrected chi connectivity index (χ4v) is 1.86. The molecular formula is C16H14N2O4. The van der Waals surface area contributed by atoms with Gasteiger partial charge in [0.1, 0.15) is 12.0 Å². The maximum absolute atomic E-state index is 12.2. The summed E-state index contributed by atoms with van der Waals surface area (Å²) < 4.78 is 10.2. The SMILES string of the molecule is CCOc1ccccc1NC(=O)C(C#N)C(=O)c1ccoc1. The summed E-state index contributed by atoms with van der Waals surface area (Å²) in [6.07, 6.45) is 2.51. The number of carbonyl (C=O) groups is 2. The Morgan fingerprint density at radius 1 is 1.36 bits per heavy atom. The third kappa shape index (κ3) is 3.33. The molecule has 0 aliphatic carbocycles. The molecule has 1 heterocycles. The molecule has 0 radical (unpaired) electrons. The highest BCUT2D eigenvalue weighted by molar-refractivity contribution is 6.15. The largest absolute Gasteiger partial charge is 0.492 e. The summed E-state index contributed by atoms with van der Waals surface area (Å²) in [5, 5.41) is 11.7. The van der Waals surface area contributed by atoms with Crippen molar-refractivity contribution in [1.29, 1.82) is 5.26 Å². The first-order chi connectivity index (χ1) is 10.7. The molecule has 1 N–H and O–H groups in total. The number of hydrogen-bond donors (Lipinski definition) is 1. The fraction of sp³-hybridized carbons (Fsp3) is 0.188. The van der Waals surface area contributed by atoms with E-state index in [1.54, 1.807) is 30.3 Å². The monoisotopic (exact) mass is 298 g/mol. The van der Waals surface area contributed by atoms with E-state index in [0.29, 0.717) is 18.0 Å². The lowest BCUT2D eigenvalue weighted by Gasteiger charge is -2.12. The standard InChI is InChI=1S/C16H14N2O4/c1-2-22-14-6-4-3-5-13(14)18-16(20)12(9-17)15(19)11-7-8-21-10-11/h3-8,10,12H,2H2,1H3,(H,18,20). The predicted octanol–water partition coefficient (Wildman–Crippen LogP) is 2.64. The molecule has 0 saturated heterocycles. The lowest BCUT2D eigenvalue weighted by molar-refractivity contribution is -0.117. The Labute approximate surface area is 127 Å². The van der Waals surface area contributed by atoms with E-state index >= 15 is 0 Å². The van der Waals surface area contributed by atoms with Gasteiger partial charge in [-0.3, -0.25) is 9.59 Å². The van der Waals surface area contributed by atoms with Crippen LogP contribution in [0.25, 0.3) is 0 Å². The number of para-hydroxylation sites is 2. The van der Waals surface area contributed by atoms with Gasteiger partial charge < -0.3 is 14.5 Å². The van der Waals surface area contributed by atoms with E-state index in [2.05, 4.69) is 5.32 Å². The van der Waals surface area contributed by atoms with E-state index in [9.17, 15) is 9.59 Å². The fourth-order valence-electron chi connectivity index (χ4n) is 1.86. The molecule has 1 atom stereocenters. The predicted molar refractivity (Wildman–Crippen MR) is 78.4 cm³/mol. The molecule has 0 aliphatic rings. The second-order valence-corrected chi connectivity index (χ2v) is 4.36. The van der Waals surface area contributed by atoms with Crippen LogP contribution in [-0.2, 0) is 4.79 Å². The van der Waals surface area contributed by atoms with Crippen LogP contribution >= 0.6 is 0 Å². The van der Waals surface area contributed by atoms with Crippen LogP contribution in [0.4, 0.5) is 5.69 Å². The zero-order valence-corrected chi connectivity index (χ0v) is 11.9. The number of amides is 1. The van der Waals surface area contributed by atoms with E-state index in [4.69, 9.17) is 14.4 Å². The van der Waals surface area contributed by atoms with Gasteiger partial charge in [0.25, 0.3) is 0 Å². The highest BCUT2D eigenvalue weighted by Crippen LogP contribution is 2.24. The van der Waals surface area contributed by atoms with Crippen LogP contribution in [0.1, 0.15) is 17.3 Å². The van der Waals surface area contributed by atoms with E-state index in [-0.39, 0.29) is 5.56 Å². The van der Waals surface area contributed by atoms with Crippen molar-refractivity contribution in [1.82, 2.24) is 0 Å². The average Bonchev–Trinajstić information content (AvgIpc) is 3.04. The summed E-state index contributed by atoms with van der Waals surface area (Å²) in [5.74, 6) is -2.29. The van der Waals surface area contributed by atoms with Crippen molar-refractivity contribution in [3.8, 4) is 11.8 Å². The highest BCUT2D eigenvalue weighted by atomic mass is 16.5. The molecule has 1 aromatic carbocycles. The number of rotatable bonds is 6. The Hall–Kier alpha value is -3.07. The lowest BCUT2D eigenvalue weighted by Crippen LogP contribution is -2.28. The number of nitrogens with one attached hydrogen (secondary N) is 1. The molecule has 112 valence electrons. The van der Waals surface area contributed by atoms with Crippen molar-refractivity contribution in [3.63, 3.8) is 0 Å². The van der Waals surface area contributed by atoms with Crippen LogP contribution in [0.2, 0.25) is 0 Å². The minimum absolute atomic E-state index is 0.180. The molecule has 6 heteroatoms. The van der Waals surface area contributed by atoms with Crippen LogP contribution in [0.15, 0.2) is 47.3 Å². The summed E-state index contributed by atoms with van der Waals surface area (Å²) in [4.78, 5) is 24.3. The van der Waals surface area contributed by atoms with Crippen LogP contribution < -0.4 is 10.1 Å². The van der Waals surface area contributed by atoms with Crippen molar-refractivity contribution in [2.75, 3.05) is 11.9 Å². The number of ether oxygens (including phenoxy) is 1. The quantitative estimate of drug-likeness (QED) is 0.653. The summed E-state index contributed by atoms with van der Waals surface area (Å²) in [6.45, 7) is 2.25. The molecule has 6 nitrogen and oxygen atoms in total. The van der Waals surface area contributed by atoms with Gasteiger partial charge in [-0.15, -0.1) is 0 Å². The maximum atomic E-state index is 12.2. The number of carbonyl (C=O) groups excluding carboxylic acids is 2. The average molecular weight is 298 g/mol. The smallest absolute Gasteiger partial charge is 0.249 e. The van der Waals surface area contributed by atoms with Gasteiger partial charge in [-0.2, -0.15) is 5.26 Å². The molecule has 1 aromatic heterocycles.